The summed E-state index contributed by atoms with van der Waals surface area (Å²) in [5, 5.41) is 5.41. The monoisotopic (exact) mass is 355 g/mol. The van der Waals surface area contributed by atoms with Crippen LogP contribution in [0.2, 0.25) is 0 Å². The van der Waals surface area contributed by atoms with Gasteiger partial charge in [0.1, 0.15) is 22.3 Å². The molecule has 0 fully saturated rings. The second-order valence-corrected chi connectivity index (χ2v) is 6.25. The summed E-state index contributed by atoms with van der Waals surface area (Å²) in [5.74, 6) is -0.523. The fraction of sp³-hybridized carbons (Fsp3) is 0. The maximum Gasteiger partial charge on any atom is 0.349 e. The molecule has 27 heavy (non-hydrogen) atoms. The Balaban J connectivity index is 1.53. The third-order valence-electron chi connectivity index (χ3n) is 4.52. The van der Waals surface area contributed by atoms with Crippen molar-refractivity contribution < 1.29 is 13.6 Å². The predicted octanol–water partition coefficient (Wildman–Crippen LogP) is 4.94. The summed E-state index contributed by atoms with van der Waals surface area (Å²) in [7, 11) is 0. The third-order valence-corrected chi connectivity index (χ3v) is 4.52. The first-order chi connectivity index (χ1) is 13.2. The van der Waals surface area contributed by atoms with Crippen LogP contribution in [-0.4, -0.2) is 5.91 Å². The second kappa shape index (κ2) is 5.85. The number of rotatable bonds is 2. The van der Waals surface area contributed by atoms with Crippen LogP contribution in [0.1, 0.15) is 10.4 Å². The van der Waals surface area contributed by atoms with E-state index >= 15 is 0 Å². The van der Waals surface area contributed by atoms with Crippen molar-refractivity contribution in [2.75, 3.05) is 5.32 Å². The molecule has 0 aliphatic heterocycles. The highest BCUT2D eigenvalue weighted by molar-refractivity contribution is 6.09. The molecule has 0 saturated carbocycles. The molecular weight excluding hydrogens is 342 g/mol. The molecule has 0 bridgehead atoms. The lowest BCUT2D eigenvalue weighted by atomic mass is 10.1. The molecule has 2 aromatic heterocycles. The molecule has 0 radical (unpaired) electrons. The molecule has 5 heteroatoms. The Morgan fingerprint density at radius 2 is 1.48 bits per heavy atom. The van der Waals surface area contributed by atoms with Crippen molar-refractivity contribution >= 4 is 44.5 Å². The molecule has 0 aliphatic rings. The number of carbonyl (C=O) groups is 1. The van der Waals surface area contributed by atoms with Gasteiger partial charge in [-0.1, -0.05) is 36.4 Å². The van der Waals surface area contributed by atoms with Gasteiger partial charge in [-0.25, -0.2) is 4.79 Å². The van der Waals surface area contributed by atoms with Gasteiger partial charge in [-0.3, -0.25) is 4.79 Å². The number of carbonyl (C=O) groups excluding carboxylic acids is 1. The van der Waals surface area contributed by atoms with Crippen LogP contribution in [-0.2, 0) is 0 Å². The second-order valence-electron chi connectivity index (χ2n) is 6.25. The van der Waals surface area contributed by atoms with Crippen LogP contribution in [0, 0.1) is 0 Å². The normalized spacial score (nSPS) is 11.3. The molecule has 0 unspecified atom stereocenters. The van der Waals surface area contributed by atoms with E-state index in [1.807, 2.05) is 36.4 Å². The summed E-state index contributed by atoms with van der Waals surface area (Å²) in [6.07, 6.45) is 0. The minimum atomic E-state index is -0.670. The summed E-state index contributed by atoms with van der Waals surface area (Å²) >= 11 is 0. The Morgan fingerprint density at radius 3 is 2.37 bits per heavy atom. The number of fused-ring (bicyclic) bond motifs is 4. The number of furan rings is 1. The van der Waals surface area contributed by atoms with E-state index in [9.17, 15) is 9.59 Å². The van der Waals surface area contributed by atoms with E-state index in [-0.39, 0.29) is 5.56 Å². The van der Waals surface area contributed by atoms with Crippen molar-refractivity contribution in [2.45, 2.75) is 0 Å². The summed E-state index contributed by atoms with van der Waals surface area (Å²) in [6.45, 7) is 0. The van der Waals surface area contributed by atoms with Gasteiger partial charge in [-0.05, 0) is 30.3 Å². The molecule has 1 N–H and O–H groups in total. The van der Waals surface area contributed by atoms with E-state index in [4.69, 9.17) is 8.83 Å². The Labute approximate surface area is 152 Å². The molecule has 0 atom stereocenters. The molecule has 0 spiro atoms. The topological polar surface area (TPSA) is 72.5 Å². The maximum atomic E-state index is 12.6. The summed E-state index contributed by atoms with van der Waals surface area (Å²) in [6, 6.07) is 21.8. The Bertz CT molecular complexity index is 1390. The summed E-state index contributed by atoms with van der Waals surface area (Å²) in [5.41, 5.74) is 1.72. The van der Waals surface area contributed by atoms with Crippen molar-refractivity contribution in [2.24, 2.45) is 0 Å². The van der Waals surface area contributed by atoms with Gasteiger partial charge in [0, 0.05) is 27.9 Å². The first-order valence-electron chi connectivity index (χ1n) is 8.44. The molecule has 5 rings (SSSR count). The van der Waals surface area contributed by atoms with Gasteiger partial charge in [-0.15, -0.1) is 0 Å². The largest absolute Gasteiger partial charge is 0.456 e. The zero-order valence-electron chi connectivity index (χ0n) is 14.1. The zero-order chi connectivity index (χ0) is 18.4. The quantitative estimate of drug-likeness (QED) is 0.455. The fourth-order valence-corrected chi connectivity index (χ4v) is 3.22. The molecule has 5 aromatic rings. The lowest BCUT2D eigenvalue weighted by molar-refractivity contribution is 0.102. The Morgan fingerprint density at radius 1 is 0.741 bits per heavy atom. The number of nitrogens with one attached hydrogen (secondary N) is 1. The molecule has 2 heterocycles. The molecule has 0 aliphatic carbocycles. The molecule has 1 amide bonds. The van der Waals surface area contributed by atoms with E-state index in [0.29, 0.717) is 22.2 Å². The summed E-state index contributed by atoms with van der Waals surface area (Å²) < 4.78 is 11.1. The molecule has 0 saturated heterocycles. The number of benzene rings is 3. The highest BCUT2D eigenvalue weighted by Gasteiger charge is 2.15. The number of hydrogen-bond donors (Lipinski definition) is 1. The Hall–Kier alpha value is -3.86. The van der Waals surface area contributed by atoms with E-state index in [1.165, 1.54) is 6.07 Å². The van der Waals surface area contributed by atoms with Gasteiger partial charge in [0.15, 0.2) is 0 Å². The maximum absolute atomic E-state index is 12.6. The van der Waals surface area contributed by atoms with Crippen LogP contribution < -0.4 is 10.9 Å². The van der Waals surface area contributed by atoms with Crippen molar-refractivity contribution in [3.05, 3.63) is 88.8 Å². The number of hydrogen-bond acceptors (Lipinski definition) is 4. The van der Waals surface area contributed by atoms with Gasteiger partial charge in [0.2, 0.25) is 0 Å². The van der Waals surface area contributed by atoms with Crippen molar-refractivity contribution in [3.8, 4) is 0 Å². The number of amides is 1. The van der Waals surface area contributed by atoms with Crippen molar-refractivity contribution in [1.29, 1.82) is 0 Å². The van der Waals surface area contributed by atoms with Crippen LogP contribution in [0.3, 0.4) is 0 Å². The predicted molar refractivity (Wildman–Crippen MR) is 104 cm³/mol. The first kappa shape index (κ1) is 15.4. The van der Waals surface area contributed by atoms with Gasteiger partial charge in [-0.2, -0.15) is 0 Å². The highest BCUT2D eigenvalue weighted by Crippen LogP contribution is 2.30. The van der Waals surface area contributed by atoms with Gasteiger partial charge in [0.25, 0.3) is 5.91 Å². The smallest absolute Gasteiger partial charge is 0.349 e. The van der Waals surface area contributed by atoms with Gasteiger partial charge >= 0.3 is 5.63 Å². The Kier molecular flexibility index (Phi) is 3.33. The van der Waals surface area contributed by atoms with Crippen LogP contribution in [0.4, 0.5) is 5.69 Å². The average Bonchev–Trinajstić information content (AvgIpc) is 3.05. The number of anilines is 1. The summed E-state index contributed by atoms with van der Waals surface area (Å²) in [4.78, 5) is 24.7. The lowest BCUT2D eigenvalue weighted by Crippen LogP contribution is -2.20. The minimum absolute atomic E-state index is 0.0431. The highest BCUT2D eigenvalue weighted by atomic mass is 16.4. The van der Waals surface area contributed by atoms with Crippen molar-refractivity contribution in [3.63, 3.8) is 0 Å². The minimum Gasteiger partial charge on any atom is -0.456 e. The van der Waals surface area contributed by atoms with E-state index in [1.54, 1.807) is 30.3 Å². The van der Waals surface area contributed by atoms with E-state index < -0.39 is 11.5 Å². The van der Waals surface area contributed by atoms with E-state index in [0.717, 1.165) is 16.4 Å². The number of para-hydroxylation sites is 2. The van der Waals surface area contributed by atoms with Crippen LogP contribution in [0.5, 0.6) is 0 Å². The van der Waals surface area contributed by atoms with Gasteiger partial charge in [0.05, 0.1) is 0 Å². The molecular formula is C22H13NO4. The zero-order valence-corrected chi connectivity index (χ0v) is 14.1. The van der Waals surface area contributed by atoms with Gasteiger partial charge < -0.3 is 14.2 Å². The molecule has 5 nitrogen and oxygen atoms in total. The van der Waals surface area contributed by atoms with Crippen molar-refractivity contribution in [1.82, 2.24) is 0 Å². The SMILES string of the molecule is O=C(Nc1ccc2c(c1)oc1ccccc12)c1cc2ccccc2oc1=O. The average molecular weight is 355 g/mol. The molecule has 3 aromatic carbocycles. The van der Waals surface area contributed by atoms with E-state index in [2.05, 4.69) is 5.32 Å². The first-order valence-corrected chi connectivity index (χ1v) is 8.44. The molecule has 130 valence electrons. The van der Waals surface area contributed by atoms with Crippen LogP contribution >= 0.6 is 0 Å². The lowest BCUT2D eigenvalue weighted by Gasteiger charge is -2.05. The third kappa shape index (κ3) is 2.57. The van der Waals surface area contributed by atoms with Crippen LogP contribution in [0.15, 0.2) is 86.4 Å². The standard InChI is InChI=1S/C22H13NO4/c24-21(17-11-13-5-1-3-7-18(13)27-22(17)25)23-14-9-10-16-15-6-2-4-8-19(15)26-20(16)12-14/h1-12H,(H,23,24). The van der Waals surface area contributed by atoms with Crippen LogP contribution in [0.25, 0.3) is 32.9 Å². The fourth-order valence-electron chi connectivity index (χ4n) is 3.22.